The number of hydrogen-bond acceptors (Lipinski definition) is 3. The monoisotopic (exact) mass is 254 g/mol. The number of hydrogen-bond donors (Lipinski definition) is 1. The van der Waals surface area contributed by atoms with E-state index in [4.69, 9.17) is 5.11 Å². The molecule has 5 nitrogen and oxygen atoms in total. The van der Waals surface area contributed by atoms with Crippen molar-refractivity contribution in [3.8, 4) is 0 Å². The summed E-state index contributed by atoms with van der Waals surface area (Å²) in [6.45, 7) is 6.08. The van der Waals surface area contributed by atoms with Crippen molar-refractivity contribution in [3.05, 3.63) is 0 Å². The highest BCUT2D eigenvalue weighted by Gasteiger charge is 2.41. The largest absolute Gasteiger partial charge is 0.481 e. The van der Waals surface area contributed by atoms with E-state index in [-0.39, 0.29) is 5.91 Å². The van der Waals surface area contributed by atoms with Gasteiger partial charge in [-0.25, -0.2) is 0 Å². The van der Waals surface area contributed by atoms with E-state index in [9.17, 15) is 9.59 Å². The van der Waals surface area contributed by atoms with Crippen LogP contribution in [0.2, 0.25) is 0 Å². The lowest BCUT2D eigenvalue weighted by Gasteiger charge is -2.24. The Morgan fingerprint density at radius 1 is 1.44 bits per heavy atom. The van der Waals surface area contributed by atoms with Crippen LogP contribution in [-0.2, 0) is 9.59 Å². The standard InChI is InChI=1S/C13H22N2O3/c1-3-15(10-4-5-10)11(16)8-14-7-6-13(2,9-14)12(17)18/h10H,3-9H2,1-2H3,(H,17,18). The molecular formula is C13H22N2O3. The summed E-state index contributed by atoms with van der Waals surface area (Å²) < 4.78 is 0. The van der Waals surface area contributed by atoms with Gasteiger partial charge in [0, 0.05) is 19.1 Å². The molecule has 0 aromatic carbocycles. The van der Waals surface area contributed by atoms with Crippen LogP contribution in [0.1, 0.15) is 33.1 Å². The number of aliphatic carboxylic acids is 1. The molecule has 0 aromatic heterocycles. The van der Waals surface area contributed by atoms with Crippen molar-refractivity contribution in [3.63, 3.8) is 0 Å². The molecular weight excluding hydrogens is 232 g/mol. The summed E-state index contributed by atoms with van der Waals surface area (Å²) in [6, 6.07) is 0.441. The molecule has 102 valence electrons. The summed E-state index contributed by atoms with van der Waals surface area (Å²) in [4.78, 5) is 27.2. The minimum Gasteiger partial charge on any atom is -0.481 e. The van der Waals surface area contributed by atoms with Crippen molar-refractivity contribution in [2.24, 2.45) is 5.41 Å². The van der Waals surface area contributed by atoms with Crippen molar-refractivity contribution in [2.45, 2.75) is 39.2 Å². The lowest BCUT2D eigenvalue weighted by Crippen LogP contribution is -2.41. The maximum atomic E-state index is 12.1. The van der Waals surface area contributed by atoms with Crippen molar-refractivity contribution >= 4 is 11.9 Å². The average molecular weight is 254 g/mol. The summed E-state index contributed by atoms with van der Waals surface area (Å²) in [7, 11) is 0. The first-order chi connectivity index (χ1) is 8.46. The third-order valence-electron chi connectivity index (χ3n) is 4.08. The Bertz CT molecular complexity index is 354. The summed E-state index contributed by atoms with van der Waals surface area (Å²) >= 11 is 0. The molecule has 1 unspecified atom stereocenters. The number of amides is 1. The van der Waals surface area contributed by atoms with Gasteiger partial charge in [0.1, 0.15) is 0 Å². The van der Waals surface area contributed by atoms with Crippen molar-refractivity contribution in [2.75, 3.05) is 26.2 Å². The highest BCUT2D eigenvalue weighted by Crippen LogP contribution is 2.31. The van der Waals surface area contributed by atoms with Gasteiger partial charge >= 0.3 is 5.97 Å². The number of rotatable bonds is 5. The van der Waals surface area contributed by atoms with Crippen molar-refractivity contribution in [1.29, 1.82) is 0 Å². The second kappa shape index (κ2) is 4.88. The number of carbonyl (C=O) groups excluding carboxylic acids is 1. The van der Waals surface area contributed by atoms with Gasteiger partial charge < -0.3 is 10.0 Å². The van der Waals surface area contributed by atoms with Crippen LogP contribution in [0.5, 0.6) is 0 Å². The minimum atomic E-state index is -0.757. The molecule has 0 aromatic rings. The van der Waals surface area contributed by atoms with Gasteiger partial charge in [-0.15, -0.1) is 0 Å². The Kier molecular flexibility index (Phi) is 3.61. The van der Waals surface area contributed by atoms with Crippen LogP contribution in [0, 0.1) is 5.41 Å². The lowest BCUT2D eigenvalue weighted by molar-refractivity contribution is -0.147. The lowest BCUT2D eigenvalue weighted by atomic mass is 9.90. The summed E-state index contributed by atoms with van der Waals surface area (Å²) in [6.07, 6.45) is 2.87. The van der Waals surface area contributed by atoms with Gasteiger partial charge in [-0.2, -0.15) is 0 Å². The minimum absolute atomic E-state index is 0.148. The molecule has 1 amide bonds. The predicted molar refractivity (Wildman–Crippen MR) is 67.2 cm³/mol. The SMILES string of the molecule is CCN(C(=O)CN1CCC(C)(C(=O)O)C1)C1CC1. The van der Waals surface area contributed by atoms with E-state index in [0.29, 0.717) is 32.1 Å². The van der Waals surface area contributed by atoms with Crippen molar-refractivity contribution < 1.29 is 14.7 Å². The fraction of sp³-hybridized carbons (Fsp3) is 0.846. The van der Waals surface area contributed by atoms with E-state index in [1.54, 1.807) is 6.92 Å². The summed E-state index contributed by atoms with van der Waals surface area (Å²) in [5, 5.41) is 9.16. The van der Waals surface area contributed by atoms with Gasteiger partial charge in [-0.1, -0.05) is 0 Å². The van der Waals surface area contributed by atoms with Gasteiger partial charge in [0.05, 0.1) is 12.0 Å². The average Bonchev–Trinajstić information content (AvgIpc) is 3.05. The Balaban J connectivity index is 1.87. The zero-order valence-corrected chi connectivity index (χ0v) is 11.2. The first-order valence-corrected chi connectivity index (χ1v) is 6.71. The molecule has 1 saturated carbocycles. The Hall–Kier alpha value is -1.10. The van der Waals surface area contributed by atoms with E-state index in [2.05, 4.69) is 0 Å². The van der Waals surface area contributed by atoms with E-state index in [1.807, 2.05) is 16.7 Å². The molecule has 2 aliphatic rings. The van der Waals surface area contributed by atoms with Gasteiger partial charge in [0.25, 0.3) is 0 Å². The number of likely N-dealkylation sites (tertiary alicyclic amines) is 1. The van der Waals surface area contributed by atoms with Crippen molar-refractivity contribution in [1.82, 2.24) is 9.80 Å². The summed E-state index contributed by atoms with van der Waals surface area (Å²) in [5.41, 5.74) is -0.684. The second-order valence-electron chi connectivity index (χ2n) is 5.74. The molecule has 0 radical (unpaired) electrons. The smallest absolute Gasteiger partial charge is 0.310 e. The molecule has 1 aliphatic carbocycles. The third kappa shape index (κ3) is 2.66. The van der Waals surface area contributed by atoms with Crippen LogP contribution in [0.25, 0.3) is 0 Å². The number of carbonyl (C=O) groups is 2. The Morgan fingerprint density at radius 3 is 2.56 bits per heavy atom. The van der Waals surface area contributed by atoms with Gasteiger partial charge in [0.15, 0.2) is 0 Å². The molecule has 2 fully saturated rings. The van der Waals surface area contributed by atoms with E-state index < -0.39 is 11.4 Å². The van der Waals surface area contributed by atoms with Crippen LogP contribution in [-0.4, -0.2) is 59.0 Å². The van der Waals surface area contributed by atoms with Crippen LogP contribution in [0.15, 0.2) is 0 Å². The number of carboxylic acid groups (broad SMARTS) is 1. The van der Waals surface area contributed by atoms with Gasteiger partial charge in [-0.05, 0) is 39.7 Å². The number of likely N-dealkylation sites (N-methyl/N-ethyl adjacent to an activating group) is 1. The molecule has 5 heteroatoms. The normalized spacial score (nSPS) is 28.3. The van der Waals surface area contributed by atoms with E-state index in [1.165, 1.54) is 0 Å². The van der Waals surface area contributed by atoms with Crippen LogP contribution in [0.3, 0.4) is 0 Å². The highest BCUT2D eigenvalue weighted by atomic mass is 16.4. The third-order valence-corrected chi connectivity index (χ3v) is 4.08. The molecule has 18 heavy (non-hydrogen) atoms. The van der Waals surface area contributed by atoms with Crippen LogP contribution < -0.4 is 0 Å². The van der Waals surface area contributed by atoms with Gasteiger partial charge in [0.2, 0.25) is 5.91 Å². The highest BCUT2D eigenvalue weighted by molar-refractivity contribution is 5.79. The number of carboxylic acids is 1. The van der Waals surface area contributed by atoms with E-state index in [0.717, 1.165) is 19.4 Å². The second-order valence-corrected chi connectivity index (χ2v) is 5.74. The van der Waals surface area contributed by atoms with E-state index >= 15 is 0 Å². The summed E-state index contributed by atoms with van der Waals surface area (Å²) in [5.74, 6) is -0.610. The molecule has 1 N–H and O–H groups in total. The predicted octanol–water partition coefficient (Wildman–Crippen LogP) is 0.794. The molecule has 2 rings (SSSR count). The molecule has 1 aliphatic heterocycles. The maximum Gasteiger partial charge on any atom is 0.310 e. The first-order valence-electron chi connectivity index (χ1n) is 6.71. The molecule has 1 heterocycles. The van der Waals surface area contributed by atoms with Gasteiger partial charge in [-0.3, -0.25) is 14.5 Å². The Morgan fingerprint density at radius 2 is 2.11 bits per heavy atom. The Labute approximate surface area is 108 Å². The molecule has 0 bridgehead atoms. The van der Waals surface area contributed by atoms with Crippen LogP contribution >= 0.6 is 0 Å². The quantitative estimate of drug-likeness (QED) is 0.788. The first kappa shape index (κ1) is 13.3. The molecule has 0 spiro atoms. The zero-order chi connectivity index (χ0) is 13.3. The molecule has 1 atom stereocenters. The molecule has 1 saturated heterocycles. The maximum absolute atomic E-state index is 12.1. The fourth-order valence-corrected chi connectivity index (χ4v) is 2.67. The zero-order valence-electron chi connectivity index (χ0n) is 11.2. The topological polar surface area (TPSA) is 60.9 Å². The van der Waals surface area contributed by atoms with Crippen LogP contribution in [0.4, 0.5) is 0 Å². The number of nitrogens with zero attached hydrogens (tertiary/aromatic N) is 2. The fourth-order valence-electron chi connectivity index (χ4n) is 2.67.